The molecule has 156 valence electrons. The van der Waals surface area contributed by atoms with Gasteiger partial charge in [0.15, 0.2) is 0 Å². The first-order chi connectivity index (χ1) is 13.7. The number of benzene rings is 1. The molecule has 1 aromatic carbocycles. The fraction of sp³-hybridized carbons (Fsp3) is 0.500. The summed E-state index contributed by atoms with van der Waals surface area (Å²) in [6.45, 7) is 9.50. The van der Waals surface area contributed by atoms with Crippen LogP contribution in [0.3, 0.4) is 0 Å². The maximum absolute atomic E-state index is 12.8. The molecule has 7 heteroatoms. The number of hydrogen-bond donors (Lipinski definition) is 1. The van der Waals surface area contributed by atoms with Gasteiger partial charge >= 0.3 is 6.09 Å². The lowest BCUT2D eigenvalue weighted by molar-refractivity contribution is 0.0500. The fourth-order valence-electron chi connectivity index (χ4n) is 3.45. The van der Waals surface area contributed by atoms with E-state index in [-0.39, 0.29) is 12.0 Å². The van der Waals surface area contributed by atoms with Crippen molar-refractivity contribution in [3.63, 3.8) is 0 Å². The van der Waals surface area contributed by atoms with Gasteiger partial charge in [-0.05, 0) is 76.8 Å². The summed E-state index contributed by atoms with van der Waals surface area (Å²) in [5, 5.41) is 7.13. The highest BCUT2D eigenvalue weighted by Crippen LogP contribution is 2.20. The zero-order valence-electron chi connectivity index (χ0n) is 17.6. The first-order valence-corrected chi connectivity index (χ1v) is 10.1. The van der Waals surface area contributed by atoms with Crippen LogP contribution in [0.2, 0.25) is 0 Å². The van der Waals surface area contributed by atoms with Gasteiger partial charge in [-0.3, -0.25) is 4.79 Å². The lowest BCUT2D eigenvalue weighted by Gasteiger charge is -2.32. The highest BCUT2D eigenvalue weighted by atomic mass is 16.6. The Morgan fingerprint density at radius 3 is 2.34 bits per heavy atom. The molecule has 7 nitrogen and oxygen atoms in total. The molecule has 0 aliphatic carbocycles. The van der Waals surface area contributed by atoms with Crippen LogP contribution in [0.15, 0.2) is 36.5 Å². The third-order valence-electron chi connectivity index (χ3n) is 5.03. The van der Waals surface area contributed by atoms with E-state index in [1.54, 1.807) is 6.20 Å². The van der Waals surface area contributed by atoms with Crippen LogP contribution in [-0.2, 0) is 4.74 Å². The summed E-state index contributed by atoms with van der Waals surface area (Å²) in [4.78, 5) is 26.5. The first-order valence-electron chi connectivity index (χ1n) is 10.1. The average molecular weight is 399 g/mol. The number of likely N-dealkylation sites (tertiary alicyclic amines) is 1. The van der Waals surface area contributed by atoms with Crippen LogP contribution in [-0.4, -0.2) is 51.9 Å². The van der Waals surface area contributed by atoms with E-state index in [0.717, 1.165) is 24.2 Å². The minimum atomic E-state index is -0.495. The third kappa shape index (κ3) is 5.59. The Labute approximate surface area is 172 Å². The van der Waals surface area contributed by atoms with Crippen molar-refractivity contribution < 1.29 is 14.3 Å². The highest BCUT2D eigenvalue weighted by Gasteiger charge is 2.25. The van der Waals surface area contributed by atoms with E-state index in [4.69, 9.17) is 4.74 Å². The van der Waals surface area contributed by atoms with Gasteiger partial charge in [-0.15, -0.1) is 0 Å². The van der Waals surface area contributed by atoms with E-state index < -0.39 is 5.60 Å². The van der Waals surface area contributed by atoms with Gasteiger partial charge in [-0.25, -0.2) is 9.48 Å². The first kappa shape index (κ1) is 20.9. The molecule has 0 atom stereocenters. The number of rotatable bonds is 4. The number of nitrogens with one attached hydrogen (secondary N) is 1. The molecule has 0 radical (unpaired) electrons. The van der Waals surface area contributed by atoms with Crippen molar-refractivity contribution >= 4 is 12.0 Å². The Hall–Kier alpha value is -2.83. The smallest absolute Gasteiger partial charge is 0.407 e. The van der Waals surface area contributed by atoms with E-state index in [0.29, 0.717) is 31.1 Å². The molecule has 0 spiro atoms. The second-order valence-corrected chi connectivity index (χ2v) is 8.55. The van der Waals surface area contributed by atoms with Crippen molar-refractivity contribution in [2.75, 3.05) is 19.6 Å². The van der Waals surface area contributed by atoms with Gasteiger partial charge in [-0.2, -0.15) is 5.10 Å². The molecule has 1 saturated heterocycles. The highest BCUT2D eigenvalue weighted by molar-refractivity contribution is 5.94. The maximum Gasteiger partial charge on any atom is 0.407 e. The number of ether oxygens (including phenoxy) is 1. The van der Waals surface area contributed by atoms with E-state index in [1.807, 2.05) is 67.6 Å². The van der Waals surface area contributed by atoms with Gasteiger partial charge in [0.2, 0.25) is 0 Å². The van der Waals surface area contributed by atoms with Crippen molar-refractivity contribution in [1.82, 2.24) is 20.0 Å². The minimum Gasteiger partial charge on any atom is -0.444 e. The van der Waals surface area contributed by atoms with Gasteiger partial charge in [-0.1, -0.05) is 0 Å². The van der Waals surface area contributed by atoms with Crippen LogP contribution < -0.4 is 5.32 Å². The van der Waals surface area contributed by atoms with E-state index in [2.05, 4.69) is 10.4 Å². The molecule has 2 amide bonds. The largest absolute Gasteiger partial charge is 0.444 e. The number of aromatic nitrogens is 2. The summed E-state index contributed by atoms with van der Waals surface area (Å²) in [5.74, 6) is 0.407. The van der Waals surface area contributed by atoms with Crippen molar-refractivity contribution in [3.8, 4) is 5.69 Å². The van der Waals surface area contributed by atoms with Crippen LogP contribution in [0.4, 0.5) is 4.79 Å². The van der Waals surface area contributed by atoms with Crippen molar-refractivity contribution in [2.24, 2.45) is 5.92 Å². The fourth-order valence-corrected chi connectivity index (χ4v) is 3.45. The quantitative estimate of drug-likeness (QED) is 0.854. The second kappa shape index (κ2) is 8.68. The second-order valence-electron chi connectivity index (χ2n) is 8.55. The lowest BCUT2D eigenvalue weighted by atomic mass is 9.96. The summed E-state index contributed by atoms with van der Waals surface area (Å²) in [6, 6.07) is 9.50. The van der Waals surface area contributed by atoms with Crippen LogP contribution in [0.25, 0.3) is 5.69 Å². The van der Waals surface area contributed by atoms with Gasteiger partial charge in [0.25, 0.3) is 5.91 Å². The predicted molar refractivity (Wildman–Crippen MR) is 111 cm³/mol. The summed E-state index contributed by atoms with van der Waals surface area (Å²) < 4.78 is 7.11. The molecular weight excluding hydrogens is 368 g/mol. The van der Waals surface area contributed by atoms with E-state index in [1.165, 1.54) is 0 Å². The minimum absolute atomic E-state index is 0.0484. The molecule has 29 heavy (non-hydrogen) atoms. The standard InChI is InChI=1S/C22H30N4O3/c1-16-9-12-24-26(16)19-7-5-18(6-8-19)20(27)25-13-10-17(11-14-25)15-23-21(28)29-22(2,3)4/h5-9,12,17H,10-11,13-15H2,1-4H3,(H,23,28). The SMILES string of the molecule is Cc1ccnn1-c1ccc(C(=O)N2CCC(CNC(=O)OC(C)(C)C)CC2)cc1. The predicted octanol–water partition coefficient (Wildman–Crippen LogP) is 3.56. The van der Waals surface area contributed by atoms with Crippen LogP contribution in [0.1, 0.15) is 49.7 Å². The lowest BCUT2D eigenvalue weighted by Crippen LogP contribution is -2.42. The Balaban J connectivity index is 1.49. The molecule has 1 aliphatic rings. The summed E-state index contributed by atoms with van der Waals surface area (Å²) >= 11 is 0. The van der Waals surface area contributed by atoms with Crippen LogP contribution in [0.5, 0.6) is 0 Å². The Morgan fingerprint density at radius 1 is 1.14 bits per heavy atom. The van der Waals surface area contributed by atoms with Gasteiger partial charge in [0, 0.05) is 37.1 Å². The molecule has 1 aliphatic heterocycles. The molecule has 0 saturated carbocycles. The van der Waals surface area contributed by atoms with Crippen LogP contribution >= 0.6 is 0 Å². The van der Waals surface area contributed by atoms with E-state index in [9.17, 15) is 9.59 Å². The van der Waals surface area contributed by atoms with Crippen molar-refractivity contribution in [3.05, 3.63) is 47.8 Å². The number of aryl methyl sites for hydroxylation is 1. The Bertz CT molecular complexity index is 844. The number of piperidine rings is 1. The number of hydrogen-bond acceptors (Lipinski definition) is 4. The van der Waals surface area contributed by atoms with Crippen LogP contribution in [0, 0.1) is 12.8 Å². The average Bonchev–Trinajstić information content (AvgIpc) is 3.11. The molecule has 2 aromatic rings. The molecule has 2 heterocycles. The number of alkyl carbamates (subject to hydrolysis) is 1. The zero-order valence-corrected chi connectivity index (χ0v) is 17.6. The molecule has 0 unspecified atom stereocenters. The summed E-state index contributed by atoms with van der Waals surface area (Å²) in [5.41, 5.74) is 2.18. The monoisotopic (exact) mass is 398 g/mol. The third-order valence-corrected chi connectivity index (χ3v) is 5.03. The molecule has 0 bridgehead atoms. The van der Waals surface area contributed by atoms with Gasteiger partial charge in [0.05, 0.1) is 5.69 Å². The molecule has 1 N–H and O–H groups in total. The van der Waals surface area contributed by atoms with Crippen molar-refractivity contribution in [2.45, 2.75) is 46.1 Å². The molecule has 1 aromatic heterocycles. The van der Waals surface area contributed by atoms with Gasteiger partial charge < -0.3 is 15.0 Å². The number of nitrogens with zero attached hydrogens (tertiary/aromatic N) is 3. The summed E-state index contributed by atoms with van der Waals surface area (Å²) in [6.07, 6.45) is 3.11. The number of carbonyl (C=O) groups excluding carboxylic acids is 2. The summed E-state index contributed by atoms with van der Waals surface area (Å²) in [7, 11) is 0. The Morgan fingerprint density at radius 2 is 1.79 bits per heavy atom. The maximum atomic E-state index is 12.8. The van der Waals surface area contributed by atoms with Crippen molar-refractivity contribution in [1.29, 1.82) is 0 Å². The molecule has 1 fully saturated rings. The molecular formula is C22H30N4O3. The van der Waals surface area contributed by atoms with Gasteiger partial charge in [0.1, 0.15) is 5.60 Å². The normalized spacial score (nSPS) is 15.2. The zero-order chi connectivity index (χ0) is 21.0. The Kier molecular flexibility index (Phi) is 6.25. The molecule has 3 rings (SSSR count). The number of carbonyl (C=O) groups is 2. The van der Waals surface area contributed by atoms with E-state index >= 15 is 0 Å². The number of amides is 2. The topological polar surface area (TPSA) is 76.5 Å².